The van der Waals surface area contributed by atoms with Crippen LogP contribution in [0.4, 0.5) is 0 Å². The second-order valence-corrected chi connectivity index (χ2v) is 5.26. The highest BCUT2D eigenvalue weighted by Gasteiger charge is 2.19. The first kappa shape index (κ1) is 15.4. The number of methoxy groups -OCH3 is 1. The van der Waals surface area contributed by atoms with Crippen LogP contribution in [0, 0.1) is 0 Å². The van der Waals surface area contributed by atoms with E-state index in [0.29, 0.717) is 6.54 Å². The minimum atomic E-state index is -0.455. The number of benzene rings is 1. The van der Waals surface area contributed by atoms with Crippen molar-refractivity contribution in [3.8, 4) is 11.5 Å². The van der Waals surface area contributed by atoms with Gasteiger partial charge in [-0.2, -0.15) is 0 Å². The molecular formula is C17H19NO5. The summed E-state index contributed by atoms with van der Waals surface area (Å²) in [5, 5.41) is 0. The van der Waals surface area contributed by atoms with Crippen molar-refractivity contribution >= 4 is 5.97 Å². The maximum atomic E-state index is 11.7. The van der Waals surface area contributed by atoms with E-state index in [-0.39, 0.29) is 12.6 Å². The summed E-state index contributed by atoms with van der Waals surface area (Å²) in [6, 6.07) is 7.73. The number of fused-ring (bicyclic) bond motifs is 1. The first-order valence-corrected chi connectivity index (χ1v) is 7.46. The van der Waals surface area contributed by atoms with Crippen molar-refractivity contribution in [1.29, 1.82) is 0 Å². The van der Waals surface area contributed by atoms with Gasteiger partial charge in [-0.15, -0.1) is 0 Å². The Hall–Kier alpha value is -2.47. The monoisotopic (exact) mass is 317 g/mol. The van der Waals surface area contributed by atoms with Crippen molar-refractivity contribution in [2.75, 3.05) is 20.4 Å². The third kappa shape index (κ3) is 3.32. The number of carbonyl (C=O) groups is 1. The van der Waals surface area contributed by atoms with Gasteiger partial charge in [-0.1, -0.05) is 13.0 Å². The fourth-order valence-corrected chi connectivity index (χ4v) is 2.55. The van der Waals surface area contributed by atoms with E-state index in [1.54, 1.807) is 6.07 Å². The summed E-state index contributed by atoms with van der Waals surface area (Å²) in [4.78, 5) is 13.9. The molecule has 122 valence electrons. The molecule has 0 atom stereocenters. The minimum absolute atomic E-state index is 0.261. The standard InChI is InChI=1S/C17H19NO5/c1-3-18(10-13-6-7-21-16(13)17(19)20-2)9-12-4-5-14-15(8-12)23-11-22-14/h4-8H,3,9-11H2,1-2H3. The second kappa shape index (κ2) is 6.75. The van der Waals surface area contributed by atoms with Crippen LogP contribution in [0.1, 0.15) is 28.6 Å². The predicted molar refractivity (Wildman–Crippen MR) is 82.4 cm³/mol. The van der Waals surface area contributed by atoms with Gasteiger partial charge < -0.3 is 18.6 Å². The van der Waals surface area contributed by atoms with Crippen molar-refractivity contribution in [3.63, 3.8) is 0 Å². The minimum Gasteiger partial charge on any atom is -0.463 e. The molecule has 1 aliphatic rings. The highest BCUT2D eigenvalue weighted by atomic mass is 16.7. The molecule has 6 nitrogen and oxygen atoms in total. The van der Waals surface area contributed by atoms with Gasteiger partial charge in [0.05, 0.1) is 13.4 Å². The Balaban J connectivity index is 1.71. The van der Waals surface area contributed by atoms with Crippen LogP contribution in [0.3, 0.4) is 0 Å². The Kier molecular flexibility index (Phi) is 4.52. The van der Waals surface area contributed by atoms with Crippen LogP contribution in [-0.2, 0) is 17.8 Å². The van der Waals surface area contributed by atoms with Crippen LogP contribution in [0.2, 0.25) is 0 Å². The molecule has 0 unspecified atom stereocenters. The molecule has 0 bridgehead atoms. The molecule has 0 saturated heterocycles. The molecule has 0 aliphatic carbocycles. The summed E-state index contributed by atoms with van der Waals surface area (Å²) in [6.45, 7) is 4.52. The Morgan fingerprint density at radius 1 is 1.22 bits per heavy atom. The van der Waals surface area contributed by atoms with Gasteiger partial charge in [0.1, 0.15) is 0 Å². The van der Waals surface area contributed by atoms with Gasteiger partial charge >= 0.3 is 5.97 Å². The van der Waals surface area contributed by atoms with E-state index in [4.69, 9.17) is 18.6 Å². The summed E-state index contributed by atoms with van der Waals surface area (Å²) in [6.07, 6.45) is 1.51. The van der Waals surface area contributed by atoms with Crippen LogP contribution in [0.15, 0.2) is 34.9 Å². The van der Waals surface area contributed by atoms with Gasteiger partial charge in [0.2, 0.25) is 12.6 Å². The SMILES string of the molecule is CCN(Cc1ccc2c(c1)OCO2)Cc1ccoc1C(=O)OC. The van der Waals surface area contributed by atoms with Crippen molar-refractivity contribution in [2.45, 2.75) is 20.0 Å². The van der Waals surface area contributed by atoms with E-state index in [1.165, 1.54) is 13.4 Å². The summed E-state index contributed by atoms with van der Waals surface area (Å²) < 4.78 is 20.7. The average molecular weight is 317 g/mol. The lowest BCUT2D eigenvalue weighted by atomic mass is 10.1. The van der Waals surface area contributed by atoms with Crippen LogP contribution in [-0.4, -0.2) is 31.3 Å². The third-order valence-electron chi connectivity index (χ3n) is 3.80. The fourth-order valence-electron chi connectivity index (χ4n) is 2.55. The molecule has 1 aliphatic heterocycles. The lowest BCUT2D eigenvalue weighted by Gasteiger charge is -2.20. The van der Waals surface area contributed by atoms with E-state index in [1.807, 2.05) is 18.2 Å². The van der Waals surface area contributed by atoms with Crippen molar-refractivity contribution < 1.29 is 23.4 Å². The molecule has 3 rings (SSSR count). The Morgan fingerprint density at radius 3 is 2.83 bits per heavy atom. The highest BCUT2D eigenvalue weighted by molar-refractivity contribution is 5.87. The van der Waals surface area contributed by atoms with E-state index >= 15 is 0 Å². The van der Waals surface area contributed by atoms with E-state index < -0.39 is 5.97 Å². The smallest absolute Gasteiger partial charge is 0.374 e. The molecule has 2 heterocycles. The van der Waals surface area contributed by atoms with Gasteiger partial charge in [0.25, 0.3) is 0 Å². The van der Waals surface area contributed by atoms with E-state index in [2.05, 4.69) is 11.8 Å². The fraction of sp³-hybridized carbons (Fsp3) is 0.353. The summed E-state index contributed by atoms with van der Waals surface area (Å²) >= 11 is 0. The third-order valence-corrected chi connectivity index (χ3v) is 3.80. The number of hydrogen-bond acceptors (Lipinski definition) is 6. The maximum Gasteiger partial charge on any atom is 0.374 e. The van der Waals surface area contributed by atoms with Gasteiger partial charge in [-0.05, 0) is 30.3 Å². The van der Waals surface area contributed by atoms with Gasteiger partial charge in [0, 0.05) is 18.7 Å². The topological polar surface area (TPSA) is 61.1 Å². The average Bonchev–Trinajstić information content (AvgIpc) is 3.21. The quantitative estimate of drug-likeness (QED) is 0.764. The van der Waals surface area contributed by atoms with Gasteiger partial charge in [-0.3, -0.25) is 4.90 Å². The zero-order chi connectivity index (χ0) is 16.2. The molecule has 0 spiro atoms. The lowest BCUT2D eigenvalue weighted by molar-refractivity contribution is 0.0561. The molecule has 0 saturated carbocycles. The number of nitrogens with zero attached hydrogens (tertiary/aromatic N) is 1. The summed E-state index contributed by atoms with van der Waals surface area (Å²) in [5.41, 5.74) is 1.94. The molecule has 6 heteroatoms. The molecule has 0 N–H and O–H groups in total. The molecule has 2 aromatic rings. The number of ether oxygens (including phenoxy) is 3. The van der Waals surface area contributed by atoms with Crippen molar-refractivity contribution in [2.24, 2.45) is 0 Å². The van der Waals surface area contributed by atoms with Gasteiger partial charge in [-0.25, -0.2) is 4.79 Å². The molecular weight excluding hydrogens is 298 g/mol. The molecule has 0 fully saturated rings. The normalized spacial score (nSPS) is 12.7. The second-order valence-electron chi connectivity index (χ2n) is 5.26. The predicted octanol–water partition coefficient (Wildman–Crippen LogP) is 2.82. The van der Waals surface area contributed by atoms with Crippen molar-refractivity contribution in [3.05, 3.63) is 47.4 Å². The van der Waals surface area contributed by atoms with E-state index in [9.17, 15) is 4.79 Å². The molecule has 0 amide bonds. The molecule has 23 heavy (non-hydrogen) atoms. The van der Waals surface area contributed by atoms with Crippen LogP contribution >= 0.6 is 0 Å². The maximum absolute atomic E-state index is 11.7. The Labute approximate surface area is 134 Å². The Morgan fingerprint density at radius 2 is 2.04 bits per heavy atom. The van der Waals surface area contributed by atoms with Crippen molar-refractivity contribution in [1.82, 2.24) is 4.90 Å². The summed E-state index contributed by atoms with van der Waals surface area (Å²) in [7, 11) is 1.35. The first-order chi connectivity index (χ1) is 11.2. The molecule has 1 aromatic carbocycles. The molecule has 0 radical (unpaired) electrons. The van der Waals surface area contributed by atoms with Crippen LogP contribution in [0.5, 0.6) is 11.5 Å². The van der Waals surface area contributed by atoms with Crippen LogP contribution < -0.4 is 9.47 Å². The Bertz CT molecular complexity index is 694. The molecule has 1 aromatic heterocycles. The lowest BCUT2D eigenvalue weighted by Crippen LogP contribution is -2.23. The number of carbonyl (C=O) groups excluding carboxylic acids is 1. The summed E-state index contributed by atoms with van der Waals surface area (Å²) in [5.74, 6) is 1.36. The van der Waals surface area contributed by atoms with Crippen LogP contribution in [0.25, 0.3) is 0 Å². The zero-order valence-corrected chi connectivity index (χ0v) is 13.2. The zero-order valence-electron chi connectivity index (χ0n) is 13.2. The van der Waals surface area contributed by atoms with E-state index in [0.717, 1.165) is 35.7 Å². The number of esters is 1. The highest BCUT2D eigenvalue weighted by Crippen LogP contribution is 2.33. The van der Waals surface area contributed by atoms with Gasteiger partial charge in [0.15, 0.2) is 11.5 Å². The number of rotatable bonds is 6. The number of furan rings is 1. The first-order valence-electron chi connectivity index (χ1n) is 7.46. The number of hydrogen-bond donors (Lipinski definition) is 0. The largest absolute Gasteiger partial charge is 0.463 e.